The largest absolute Gasteiger partial charge is 0.486 e. The number of nitrogens with one attached hydrogen (secondary N) is 1. The van der Waals surface area contributed by atoms with Gasteiger partial charge in [0.2, 0.25) is 0 Å². The summed E-state index contributed by atoms with van der Waals surface area (Å²) in [6.07, 6.45) is 7.71. The minimum absolute atomic E-state index is 0.0641. The van der Waals surface area contributed by atoms with Crippen LogP contribution < -0.4 is 10.1 Å². The van der Waals surface area contributed by atoms with Crippen LogP contribution in [-0.4, -0.2) is 52.6 Å². The smallest absolute Gasteiger partial charge is 0.170 e. The highest BCUT2D eigenvalue weighted by molar-refractivity contribution is 6.16. The van der Waals surface area contributed by atoms with Crippen LogP contribution >= 0.6 is 0 Å². The Kier molecular flexibility index (Phi) is 7.56. The van der Waals surface area contributed by atoms with Gasteiger partial charge in [0.05, 0.1) is 29.7 Å². The zero-order valence-corrected chi connectivity index (χ0v) is 19.9. The van der Waals surface area contributed by atoms with Crippen LogP contribution in [0.25, 0.3) is 0 Å². The number of pyridine rings is 2. The van der Waals surface area contributed by atoms with Crippen LogP contribution in [0, 0.1) is 5.92 Å². The Morgan fingerprint density at radius 1 is 1.03 bits per heavy atom. The molecule has 3 aromatic rings. The molecule has 180 valence electrons. The third-order valence-corrected chi connectivity index (χ3v) is 6.66. The van der Waals surface area contributed by atoms with E-state index < -0.39 is 0 Å². The van der Waals surface area contributed by atoms with Gasteiger partial charge in [-0.3, -0.25) is 24.7 Å². The molecule has 0 bridgehead atoms. The first-order valence-electron chi connectivity index (χ1n) is 12.3. The third-order valence-electron chi connectivity index (χ3n) is 6.66. The van der Waals surface area contributed by atoms with E-state index in [9.17, 15) is 4.79 Å². The minimum atomic E-state index is 0.0641. The lowest BCUT2D eigenvalue weighted by Gasteiger charge is -2.32. The summed E-state index contributed by atoms with van der Waals surface area (Å²) in [5, 5.41) is 3.57. The van der Waals surface area contributed by atoms with Crippen molar-refractivity contribution in [3.63, 3.8) is 0 Å². The quantitative estimate of drug-likeness (QED) is 0.506. The summed E-state index contributed by atoms with van der Waals surface area (Å²) in [5.74, 6) is 1.38. The molecular weight excluding hydrogens is 438 g/mol. The van der Waals surface area contributed by atoms with E-state index >= 15 is 0 Å². The van der Waals surface area contributed by atoms with Crippen LogP contribution in [-0.2, 0) is 13.1 Å². The summed E-state index contributed by atoms with van der Waals surface area (Å²) >= 11 is 0. The Morgan fingerprint density at radius 3 is 2.69 bits per heavy atom. The van der Waals surface area contributed by atoms with E-state index in [4.69, 9.17) is 9.73 Å². The van der Waals surface area contributed by atoms with Gasteiger partial charge in [-0.25, -0.2) is 0 Å². The fraction of sp³-hybridized carbons (Fsp3) is 0.357. The number of benzene rings is 1. The molecule has 2 aliphatic rings. The van der Waals surface area contributed by atoms with Crippen molar-refractivity contribution in [2.24, 2.45) is 10.9 Å². The lowest BCUT2D eigenvalue weighted by molar-refractivity contribution is 0.0998. The molecule has 1 saturated heterocycles. The number of carbonyl (C=O) groups is 1. The van der Waals surface area contributed by atoms with Gasteiger partial charge in [-0.05, 0) is 62.2 Å². The number of aliphatic imine (C=N–C) groups is 1. The normalized spacial score (nSPS) is 16.6. The van der Waals surface area contributed by atoms with Crippen molar-refractivity contribution in [2.75, 3.05) is 26.2 Å². The molecule has 0 unspecified atom stereocenters. The molecule has 0 aliphatic carbocycles. The molecule has 1 fully saturated rings. The van der Waals surface area contributed by atoms with E-state index in [1.54, 1.807) is 24.7 Å². The second-order valence-electron chi connectivity index (χ2n) is 9.25. The molecule has 0 amide bonds. The van der Waals surface area contributed by atoms with Gasteiger partial charge in [-0.15, -0.1) is 0 Å². The maximum Gasteiger partial charge on any atom is 0.170 e. The predicted octanol–water partition coefficient (Wildman–Crippen LogP) is 4.22. The fourth-order valence-electron chi connectivity index (χ4n) is 4.72. The molecule has 7 heteroatoms. The summed E-state index contributed by atoms with van der Waals surface area (Å²) in [6, 6.07) is 16.1. The van der Waals surface area contributed by atoms with Crippen molar-refractivity contribution in [3.05, 3.63) is 83.9 Å². The van der Waals surface area contributed by atoms with Crippen LogP contribution in [0.1, 0.15) is 40.9 Å². The Hall–Kier alpha value is -3.42. The number of Topliss-reactive ketones (excluding diaryl/α,β-unsaturated/α-hetero) is 1. The van der Waals surface area contributed by atoms with Crippen molar-refractivity contribution in [1.82, 2.24) is 20.2 Å². The highest BCUT2D eigenvalue weighted by Gasteiger charge is 2.24. The highest BCUT2D eigenvalue weighted by Crippen LogP contribution is 2.29. The molecule has 2 aromatic heterocycles. The predicted molar refractivity (Wildman–Crippen MR) is 136 cm³/mol. The first-order chi connectivity index (χ1) is 17.2. The minimum Gasteiger partial charge on any atom is -0.486 e. The van der Waals surface area contributed by atoms with Gasteiger partial charge in [0.1, 0.15) is 12.4 Å². The Bertz CT molecular complexity index is 1160. The standard InChI is InChI=1S/C28H31N5O2/c34-27-15-23(20-35-24-7-4-11-29-17-24)32-28-25(27)8-12-31-26(28)18-30-16-21-9-13-33(14-10-21)19-22-5-2-1-3-6-22/h1-8,11-12,17,21,30H,9-10,13-16,18-20H2. The second kappa shape index (κ2) is 11.3. The van der Waals surface area contributed by atoms with Gasteiger partial charge < -0.3 is 10.1 Å². The number of aromatic nitrogens is 2. The number of carbonyl (C=O) groups excluding carboxylic acids is 1. The summed E-state index contributed by atoms with van der Waals surface area (Å²) in [6.45, 7) is 5.08. The van der Waals surface area contributed by atoms with E-state index in [2.05, 4.69) is 50.5 Å². The van der Waals surface area contributed by atoms with Crippen LogP contribution in [0.15, 0.2) is 72.1 Å². The van der Waals surface area contributed by atoms with Crippen LogP contribution in [0.2, 0.25) is 0 Å². The summed E-state index contributed by atoms with van der Waals surface area (Å²) < 4.78 is 5.77. The molecule has 0 radical (unpaired) electrons. The molecule has 35 heavy (non-hydrogen) atoms. The van der Waals surface area contributed by atoms with E-state index in [1.165, 1.54) is 18.4 Å². The van der Waals surface area contributed by atoms with Gasteiger partial charge in [-0.2, -0.15) is 0 Å². The van der Waals surface area contributed by atoms with E-state index in [0.717, 1.165) is 31.9 Å². The topological polar surface area (TPSA) is 79.7 Å². The molecule has 0 atom stereocenters. The maximum absolute atomic E-state index is 12.7. The molecule has 0 spiro atoms. The van der Waals surface area contributed by atoms with Crippen molar-refractivity contribution in [2.45, 2.75) is 32.4 Å². The summed E-state index contributed by atoms with van der Waals surface area (Å²) in [5.41, 5.74) is 4.24. The number of rotatable bonds is 9. The van der Waals surface area contributed by atoms with Gasteiger partial charge >= 0.3 is 0 Å². The maximum atomic E-state index is 12.7. The van der Waals surface area contributed by atoms with E-state index in [1.807, 2.05) is 12.1 Å². The first-order valence-corrected chi connectivity index (χ1v) is 12.3. The lowest BCUT2D eigenvalue weighted by Crippen LogP contribution is -2.36. The van der Waals surface area contributed by atoms with Gasteiger partial charge in [0.15, 0.2) is 5.78 Å². The first kappa shape index (κ1) is 23.3. The van der Waals surface area contributed by atoms with Crippen molar-refractivity contribution in [3.8, 4) is 5.75 Å². The number of hydrogen-bond donors (Lipinski definition) is 1. The van der Waals surface area contributed by atoms with Crippen LogP contribution in [0.4, 0.5) is 5.69 Å². The number of nitrogens with zero attached hydrogens (tertiary/aromatic N) is 4. The third kappa shape index (κ3) is 6.18. The molecular formula is C28H31N5O2. The van der Waals surface area contributed by atoms with Gasteiger partial charge in [-0.1, -0.05) is 30.3 Å². The lowest BCUT2D eigenvalue weighted by atomic mass is 9.96. The monoisotopic (exact) mass is 469 g/mol. The SMILES string of the molecule is O=C1CC(COc2cccnc2)=Nc2c1ccnc2CNCC1CCN(Cc2ccccc2)CC1. The number of fused-ring (bicyclic) bond motifs is 1. The number of hydrogen-bond acceptors (Lipinski definition) is 7. The Balaban J connectivity index is 1.14. The van der Waals surface area contributed by atoms with Crippen molar-refractivity contribution in [1.29, 1.82) is 0 Å². The molecule has 0 saturated carbocycles. The van der Waals surface area contributed by atoms with Gasteiger partial charge in [0, 0.05) is 31.0 Å². The molecule has 7 nitrogen and oxygen atoms in total. The van der Waals surface area contributed by atoms with Gasteiger partial charge in [0.25, 0.3) is 0 Å². The number of piperidine rings is 1. The summed E-state index contributed by atoms with van der Waals surface area (Å²) in [4.78, 5) is 28.6. The zero-order valence-electron chi connectivity index (χ0n) is 19.9. The number of ketones is 1. The highest BCUT2D eigenvalue weighted by atomic mass is 16.5. The average molecular weight is 470 g/mol. The van der Waals surface area contributed by atoms with Crippen LogP contribution in [0.3, 0.4) is 0 Å². The number of likely N-dealkylation sites (tertiary alicyclic amines) is 1. The molecule has 1 N–H and O–H groups in total. The fourth-order valence-corrected chi connectivity index (χ4v) is 4.72. The van der Waals surface area contributed by atoms with E-state index in [0.29, 0.717) is 35.2 Å². The van der Waals surface area contributed by atoms with E-state index in [-0.39, 0.29) is 18.8 Å². The zero-order chi connectivity index (χ0) is 23.9. The molecule has 1 aromatic carbocycles. The van der Waals surface area contributed by atoms with Crippen molar-refractivity contribution < 1.29 is 9.53 Å². The second-order valence-corrected chi connectivity index (χ2v) is 9.25. The Morgan fingerprint density at radius 2 is 1.89 bits per heavy atom. The summed E-state index contributed by atoms with van der Waals surface area (Å²) in [7, 11) is 0. The molecule has 2 aliphatic heterocycles. The molecule has 4 heterocycles. The van der Waals surface area contributed by atoms with Crippen molar-refractivity contribution >= 4 is 17.2 Å². The number of ether oxygens (including phenoxy) is 1. The van der Waals surface area contributed by atoms with Crippen LogP contribution in [0.5, 0.6) is 5.75 Å². The average Bonchev–Trinajstić information content (AvgIpc) is 2.90. The molecule has 5 rings (SSSR count). The Labute approximate surface area is 206 Å².